The second kappa shape index (κ2) is 6.67. The van der Waals surface area contributed by atoms with Gasteiger partial charge in [-0.1, -0.05) is 6.07 Å². The monoisotopic (exact) mass is 262 g/mol. The van der Waals surface area contributed by atoms with Gasteiger partial charge in [0.25, 0.3) is 0 Å². The number of hydrogen-bond acceptors (Lipinski definition) is 4. The molecule has 0 aliphatic carbocycles. The molecule has 1 aromatic rings. The molecular formula is C14H18N2OS. The first kappa shape index (κ1) is 13.3. The van der Waals surface area contributed by atoms with Crippen LogP contribution in [0.15, 0.2) is 18.2 Å². The zero-order valence-electron chi connectivity index (χ0n) is 10.6. The molecule has 1 fully saturated rings. The summed E-state index contributed by atoms with van der Waals surface area (Å²) in [6.07, 6.45) is 2.50. The molecule has 0 unspecified atom stereocenters. The van der Waals surface area contributed by atoms with Crippen molar-refractivity contribution in [1.29, 1.82) is 5.26 Å². The van der Waals surface area contributed by atoms with Gasteiger partial charge in [-0.05, 0) is 42.0 Å². The van der Waals surface area contributed by atoms with Gasteiger partial charge in [0.15, 0.2) is 0 Å². The van der Waals surface area contributed by atoms with Crippen LogP contribution in [-0.4, -0.2) is 24.7 Å². The second-order valence-electron chi connectivity index (χ2n) is 4.41. The summed E-state index contributed by atoms with van der Waals surface area (Å²) in [4.78, 5) is 0. The van der Waals surface area contributed by atoms with Crippen LogP contribution < -0.4 is 10.1 Å². The molecule has 0 amide bonds. The number of hydrogen-bond donors (Lipinski definition) is 1. The molecule has 0 bridgehead atoms. The van der Waals surface area contributed by atoms with Crippen LogP contribution in [0.5, 0.6) is 5.75 Å². The predicted molar refractivity (Wildman–Crippen MR) is 74.9 cm³/mol. The van der Waals surface area contributed by atoms with Crippen LogP contribution in [0.1, 0.15) is 24.0 Å². The van der Waals surface area contributed by atoms with Crippen LogP contribution in [0.4, 0.5) is 0 Å². The van der Waals surface area contributed by atoms with Gasteiger partial charge in [0.05, 0.1) is 12.7 Å². The highest BCUT2D eigenvalue weighted by atomic mass is 32.2. The standard InChI is InChI=1S/C14H18N2OS/c1-17-14-8-11(2-3-12(14)9-15)10-16-13-4-6-18-7-5-13/h2-3,8,13,16H,4-7,10H2,1H3. The van der Waals surface area contributed by atoms with Crippen molar-refractivity contribution in [2.24, 2.45) is 0 Å². The van der Waals surface area contributed by atoms with Crippen molar-refractivity contribution in [2.45, 2.75) is 25.4 Å². The molecule has 96 valence electrons. The normalized spacial score (nSPS) is 16.2. The molecule has 1 aliphatic rings. The fraction of sp³-hybridized carbons (Fsp3) is 0.500. The lowest BCUT2D eigenvalue weighted by Gasteiger charge is -2.22. The molecule has 0 saturated carbocycles. The van der Waals surface area contributed by atoms with Crippen LogP contribution in [0.2, 0.25) is 0 Å². The number of methoxy groups -OCH3 is 1. The fourth-order valence-electron chi connectivity index (χ4n) is 2.10. The van der Waals surface area contributed by atoms with E-state index in [1.807, 2.05) is 30.0 Å². The van der Waals surface area contributed by atoms with Crippen molar-refractivity contribution < 1.29 is 4.74 Å². The summed E-state index contributed by atoms with van der Waals surface area (Å²) in [5.74, 6) is 3.18. The van der Waals surface area contributed by atoms with E-state index < -0.39 is 0 Å². The number of thioether (sulfide) groups is 1. The zero-order valence-corrected chi connectivity index (χ0v) is 11.4. The van der Waals surface area contributed by atoms with Crippen LogP contribution >= 0.6 is 11.8 Å². The number of nitrogens with zero attached hydrogens (tertiary/aromatic N) is 1. The molecule has 2 rings (SSSR count). The smallest absolute Gasteiger partial charge is 0.136 e. The maximum absolute atomic E-state index is 8.93. The zero-order chi connectivity index (χ0) is 12.8. The third-order valence-electron chi connectivity index (χ3n) is 3.20. The molecule has 1 saturated heterocycles. The Hall–Kier alpha value is -1.18. The summed E-state index contributed by atoms with van der Waals surface area (Å²) < 4.78 is 5.22. The lowest BCUT2D eigenvalue weighted by molar-refractivity contribution is 0.412. The first-order chi connectivity index (χ1) is 8.83. The van der Waals surface area contributed by atoms with Gasteiger partial charge >= 0.3 is 0 Å². The van der Waals surface area contributed by atoms with Crippen molar-refractivity contribution in [3.05, 3.63) is 29.3 Å². The molecule has 0 radical (unpaired) electrons. The molecule has 0 spiro atoms. The Kier molecular flexibility index (Phi) is 4.91. The lowest BCUT2D eigenvalue weighted by atomic mass is 10.1. The van der Waals surface area contributed by atoms with Crippen molar-refractivity contribution in [3.8, 4) is 11.8 Å². The highest BCUT2D eigenvalue weighted by molar-refractivity contribution is 7.99. The topological polar surface area (TPSA) is 45.0 Å². The average molecular weight is 262 g/mol. The largest absolute Gasteiger partial charge is 0.495 e. The molecule has 0 atom stereocenters. The van der Waals surface area contributed by atoms with Crippen LogP contribution in [0.25, 0.3) is 0 Å². The lowest BCUT2D eigenvalue weighted by Crippen LogP contribution is -2.32. The third kappa shape index (κ3) is 3.41. The highest BCUT2D eigenvalue weighted by Crippen LogP contribution is 2.20. The van der Waals surface area contributed by atoms with Gasteiger partial charge in [0, 0.05) is 12.6 Å². The second-order valence-corrected chi connectivity index (χ2v) is 5.64. The van der Waals surface area contributed by atoms with E-state index in [4.69, 9.17) is 10.00 Å². The fourth-order valence-corrected chi connectivity index (χ4v) is 3.21. The summed E-state index contributed by atoms with van der Waals surface area (Å²) in [5, 5.41) is 12.5. The Morgan fingerprint density at radius 1 is 1.44 bits per heavy atom. The van der Waals surface area contributed by atoms with E-state index in [2.05, 4.69) is 11.4 Å². The van der Waals surface area contributed by atoms with Gasteiger partial charge in [-0.2, -0.15) is 17.0 Å². The highest BCUT2D eigenvalue weighted by Gasteiger charge is 2.13. The van der Waals surface area contributed by atoms with Gasteiger partial charge in [-0.15, -0.1) is 0 Å². The van der Waals surface area contributed by atoms with E-state index >= 15 is 0 Å². The Morgan fingerprint density at radius 3 is 2.89 bits per heavy atom. The number of nitrogens with one attached hydrogen (secondary N) is 1. The van der Waals surface area contributed by atoms with E-state index in [-0.39, 0.29) is 0 Å². The molecule has 1 aliphatic heterocycles. The molecule has 18 heavy (non-hydrogen) atoms. The van der Waals surface area contributed by atoms with Crippen LogP contribution in [-0.2, 0) is 6.54 Å². The Labute approximate surface area is 113 Å². The molecule has 1 aromatic carbocycles. The quantitative estimate of drug-likeness (QED) is 0.905. The van der Waals surface area contributed by atoms with Gasteiger partial charge in [-0.3, -0.25) is 0 Å². The van der Waals surface area contributed by atoms with Crippen LogP contribution in [0.3, 0.4) is 0 Å². The maximum Gasteiger partial charge on any atom is 0.136 e. The molecular weight excluding hydrogens is 244 g/mol. The summed E-state index contributed by atoms with van der Waals surface area (Å²) in [6, 6.07) is 8.53. The van der Waals surface area contributed by atoms with E-state index in [1.54, 1.807) is 7.11 Å². The van der Waals surface area contributed by atoms with Gasteiger partial charge in [0.2, 0.25) is 0 Å². The molecule has 4 heteroatoms. The van der Waals surface area contributed by atoms with Crippen molar-refractivity contribution in [3.63, 3.8) is 0 Å². The van der Waals surface area contributed by atoms with Crippen molar-refractivity contribution >= 4 is 11.8 Å². The predicted octanol–water partition coefficient (Wildman–Crippen LogP) is 2.55. The summed E-state index contributed by atoms with van der Waals surface area (Å²) in [6.45, 7) is 0.845. The third-order valence-corrected chi connectivity index (χ3v) is 4.25. The minimum Gasteiger partial charge on any atom is -0.495 e. The summed E-state index contributed by atoms with van der Waals surface area (Å²) >= 11 is 2.04. The maximum atomic E-state index is 8.93. The average Bonchev–Trinajstić information content (AvgIpc) is 2.45. The minimum atomic E-state index is 0.593. The summed E-state index contributed by atoms with van der Waals surface area (Å²) in [7, 11) is 1.60. The number of nitriles is 1. The number of rotatable bonds is 4. The van der Waals surface area contributed by atoms with Crippen molar-refractivity contribution in [2.75, 3.05) is 18.6 Å². The van der Waals surface area contributed by atoms with E-state index in [0.29, 0.717) is 17.4 Å². The van der Waals surface area contributed by atoms with Gasteiger partial charge in [0.1, 0.15) is 11.8 Å². The Bertz CT molecular complexity index is 436. The molecule has 1 N–H and O–H groups in total. The SMILES string of the molecule is COc1cc(CNC2CCSCC2)ccc1C#N. The van der Waals surface area contributed by atoms with Gasteiger partial charge < -0.3 is 10.1 Å². The van der Waals surface area contributed by atoms with E-state index in [0.717, 1.165) is 6.54 Å². The van der Waals surface area contributed by atoms with Crippen molar-refractivity contribution in [1.82, 2.24) is 5.32 Å². The molecule has 0 aromatic heterocycles. The Balaban J connectivity index is 1.95. The molecule has 1 heterocycles. The Morgan fingerprint density at radius 2 is 2.22 bits per heavy atom. The summed E-state index contributed by atoms with van der Waals surface area (Å²) in [5.41, 5.74) is 1.76. The first-order valence-electron chi connectivity index (χ1n) is 6.21. The number of ether oxygens (including phenoxy) is 1. The van der Waals surface area contributed by atoms with Gasteiger partial charge in [-0.25, -0.2) is 0 Å². The first-order valence-corrected chi connectivity index (χ1v) is 7.37. The van der Waals surface area contributed by atoms with E-state index in [9.17, 15) is 0 Å². The molecule has 3 nitrogen and oxygen atoms in total. The van der Waals surface area contributed by atoms with Crippen LogP contribution in [0, 0.1) is 11.3 Å². The number of benzene rings is 1. The van der Waals surface area contributed by atoms with E-state index in [1.165, 1.54) is 29.9 Å². The minimum absolute atomic E-state index is 0.593.